The van der Waals surface area contributed by atoms with Crippen molar-refractivity contribution in [1.82, 2.24) is 9.47 Å². The Hall–Kier alpha value is -2.40. The summed E-state index contributed by atoms with van der Waals surface area (Å²) in [5.74, 6) is -0.282. The van der Waals surface area contributed by atoms with Crippen LogP contribution < -0.4 is 0 Å². The molecule has 0 bridgehead atoms. The minimum Gasteiger partial charge on any atom is -0.344 e. The van der Waals surface area contributed by atoms with Crippen LogP contribution in [0.1, 0.15) is 46.0 Å². The SMILES string of the molecule is O=C1c2ccccc2C(=O)N1[C@H]1CC[C@H](n2ccc3cc(Br)ccc32)C1. The fraction of sp³-hybridized carbons (Fsp3) is 0.238. The molecule has 0 N–H and O–H groups in total. The zero-order valence-electron chi connectivity index (χ0n) is 14.1. The molecule has 0 radical (unpaired) electrons. The fourth-order valence-electron chi connectivity index (χ4n) is 4.41. The maximum atomic E-state index is 12.7. The summed E-state index contributed by atoms with van der Waals surface area (Å²) in [5.41, 5.74) is 2.27. The van der Waals surface area contributed by atoms with Gasteiger partial charge in [0.25, 0.3) is 11.8 Å². The van der Waals surface area contributed by atoms with Gasteiger partial charge in [-0.1, -0.05) is 28.1 Å². The van der Waals surface area contributed by atoms with Gasteiger partial charge in [-0.15, -0.1) is 0 Å². The van der Waals surface area contributed by atoms with Gasteiger partial charge in [0.2, 0.25) is 0 Å². The molecule has 1 fully saturated rings. The number of rotatable bonds is 2. The zero-order chi connectivity index (χ0) is 17.8. The van der Waals surface area contributed by atoms with Gasteiger partial charge in [-0.05, 0) is 55.7 Å². The van der Waals surface area contributed by atoms with Gasteiger partial charge >= 0.3 is 0 Å². The zero-order valence-corrected chi connectivity index (χ0v) is 15.6. The molecule has 3 aromatic rings. The summed E-state index contributed by atoms with van der Waals surface area (Å²) in [5, 5.41) is 1.20. The minimum absolute atomic E-state index is 0.0275. The maximum Gasteiger partial charge on any atom is 0.261 e. The highest BCUT2D eigenvalue weighted by atomic mass is 79.9. The predicted molar refractivity (Wildman–Crippen MR) is 103 cm³/mol. The second-order valence-corrected chi connectivity index (χ2v) is 7.99. The lowest BCUT2D eigenvalue weighted by molar-refractivity contribution is 0.0585. The van der Waals surface area contributed by atoms with E-state index in [4.69, 9.17) is 0 Å². The molecule has 2 heterocycles. The van der Waals surface area contributed by atoms with E-state index in [-0.39, 0.29) is 17.9 Å². The number of aromatic nitrogens is 1. The third-order valence-corrected chi connectivity index (χ3v) is 6.14. The number of nitrogens with zero attached hydrogens (tertiary/aromatic N) is 2. The molecule has 26 heavy (non-hydrogen) atoms. The number of hydrogen-bond donors (Lipinski definition) is 0. The van der Waals surface area contributed by atoms with E-state index >= 15 is 0 Å². The first-order chi connectivity index (χ1) is 12.6. The van der Waals surface area contributed by atoms with E-state index in [0.717, 1.165) is 23.7 Å². The van der Waals surface area contributed by atoms with Gasteiger partial charge in [0, 0.05) is 33.7 Å². The number of hydrogen-bond acceptors (Lipinski definition) is 2. The molecule has 1 aliphatic carbocycles. The molecule has 130 valence electrons. The van der Waals surface area contributed by atoms with E-state index in [1.807, 2.05) is 12.1 Å². The van der Waals surface area contributed by atoms with E-state index in [1.165, 1.54) is 15.8 Å². The summed E-state index contributed by atoms with van der Waals surface area (Å²) in [7, 11) is 0. The number of carbonyl (C=O) groups is 2. The molecule has 2 atom stereocenters. The molecule has 5 heteroatoms. The molecule has 2 aliphatic rings. The van der Waals surface area contributed by atoms with Crippen LogP contribution in [0.3, 0.4) is 0 Å². The summed E-state index contributed by atoms with van der Waals surface area (Å²) in [4.78, 5) is 27.0. The summed E-state index contributed by atoms with van der Waals surface area (Å²) in [6.45, 7) is 0. The van der Waals surface area contributed by atoms with Crippen molar-refractivity contribution >= 4 is 38.6 Å². The summed E-state index contributed by atoms with van der Waals surface area (Å²) in [6, 6.07) is 15.8. The fourth-order valence-corrected chi connectivity index (χ4v) is 4.79. The third kappa shape index (κ3) is 2.27. The van der Waals surface area contributed by atoms with Gasteiger partial charge in [-0.2, -0.15) is 0 Å². The van der Waals surface area contributed by atoms with Crippen molar-refractivity contribution in [3.05, 3.63) is 70.3 Å². The molecule has 1 saturated carbocycles. The highest BCUT2D eigenvalue weighted by molar-refractivity contribution is 9.10. The van der Waals surface area contributed by atoms with E-state index in [9.17, 15) is 9.59 Å². The van der Waals surface area contributed by atoms with Crippen LogP contribution in [0.2, 0.25) is 0 Å². The number of fused-ring (bicyclic) bond motifs is 2. The van der Waals surface area contributed by atoms with Gasteiger partial charge in [0.1, 0.15) is 0 Å². The second-order valence-electron chi connectivity index (χ2n) is 7.07. The van der Waals surface area contributed by atoms with Crippen LogP contribution in [0.5, 0.6) is 0 Å². The lowest BCUT2D eigenvalue weighted by Gasteiger charge is -2.22. The van der Waals surface area contributed by atoms with Crippen molar-refractivity contribution < 1.29 is 9.59 Å². The Labute approximate surface area is 159 Å². The van der Waals surface area contributed by atoms with Crippen LogP contribution in [-0.4, -0.2) is 27.3 Å². The number of carbonyl (C=O) groups excluding carboxylic acids is 2. The van der Waals surface area contributed by atoms with Crippen molar-refractivity contribution in [2.75, 3.05) is 0 Å². The Bertz CT molecular complexity index is 1020. The number of halogens is 1. The van der Waals surface area contributed by atoms with E-state index < -0.39 is 0 Å². The molecule has 0 unspecified atom stereocenters. The van der Waals surface area contributed by atoms with Crippen molar-refractivity contribution in [3.63, 3.8) is 0 Å². The Morgan fingerprint density at radius 3 is 2.31 bits per heavy atom. The predicted octanol–water partition coefficient (Wildman–Crippen LogP) is 4.79. The van der Waals surface area contributed by atoms with Crippen LogP contribution in [0.25, 0.3) is 10.9 Å². The highest BCUT2D eigenvalue weighted by Gasteiger charge is 2.42. The van der Waals surface area contributed by atoms with Gasteiger partial charge in [-0.3, -0.25) is 14.5 Å². The molecule has 0 saturated heterocycles. The molecule has 1 aromatic heterocycles. The van der Waals surface area contributed by atoms with E-state index in [2.05, 4.69) is 51.0 Å². The van der Waals surface area contributed by atoms with Crippen LogP contribution >= 0.6 is 15.9 Å². The number of amides is 2. The molecule has 0 spiro atoms. The topological polar surface area (TPSA) is 42.3 Å². The Kier molecular flexibility index (Phi) is 3.54. The number of imide groups is 1. The molecule has 5 rings (SSSR count). The van der Waals surface area contributed by atoms with Gasteiger partial charge in [0.05, 0.1) is 11.1 Å². The average Bonchev–Trinajstić information content (AvgIpc) is 3.33. The smallest absolute Gasteiger partial charge is 0.261 e. The van der Waals surface area contributed by atoms with E-state index in [0.29, 0.717) is 17.2 Å². The average molecular weight is 409 g/mol. The minimum atomic E-state index is -0.141. The van der Waals surface area contributed by atoms with Crippen molar-refractivity contribution in [2.24, 2.45) is 0 Å². The standard InChI is InChI=1S/C21H17BrN2O2/c22-14-5-8-19-13(11-14)9-10-23(19)15-6-7-16(12-15)24-20(25)17-3-1-2-4-18(17)21(24)26/h1-5,8-11,15-16H,6-7,12H2/t15-,16-/m0/s1. The largest absolute Gasteiger partial charge is 0.344 e. The van der Waals surface area contributed by atoms with Crippen LogP contribution in [0, 0.1) is 0 Å². The Morgan fingerprint density at radius 2 is 1.58 bits per heavy atom. The van der Waals surface area contributed by atoms with E-state index in [1.54, 1.807) is 12.1 Å². The first-order valence-corrected chi connectivity index (χ1v) is 9.66. The lowest BCUT2D eigenvalue weighted by atomic mass is 10.1. The first kappa shape index (κ1) is 15.8. The van der Waals surface area contributed by atoms with Crippen LogP contribution in [-0.2, 0) is 0 Å². The summed E-state index contributed by atoms with van der Waals surface area (Å²) in [6.07, 6.45) is 4.75. The Balaban J connectivity index is 1.43. The molecular weight excluding hydrogens is 392 g/mol. The second kappa shape index (κ2) is 5.81. The summed E-state index contributed by atoms with van der Waals surface area (Å²) >= 11 is 3.52. The molecular formula is C21H17BrN2O2. The van der Waals surface area contributed by atoms with Crippen molar-refractivity contribution in [1.29, 1.82) is 0 Å². The monoisotopic (exact) mass is 408 g/mol. The van der Waals surface area contributed by atoms with Gasteiger partial charge < -0.3 is 4.57 Å². The molecule has 2 amide bonds. The van der Waals surface area contributed by atoms with Crippen molar-refractivity contribution in [3.8, 4) is 0 Å². The Morgan fingerprint density at radius 1 is 0.885 bits per heavy atom. The normalized spacial score (nSPS) is 22.4. The summed E-state index contributed by atoms with van der Waals surface area (Å²) < 4.78 is 3.36. The lowest BCUT2D eigenvalue weighted by Crippen LogP contribution is -2.38. The highest BCUT2D eigenvalue weighted by Crippen LogP contribution is 2.38. The molecule has 1 aliphatic heterocycles. The first-order valence-electron chi connectivity index (χ1n) is 8.86. The number of benzene rings is 2. The quantitative estimate of drug-likeness (QED) is 0.571. The van der Waals surface area contributed by atoms with Crippen molar-refractivity contribution in [2.45, 2.75) is 31.3 Å². The van der Waals surface area contributed by atoms with Crippen LogP contribution in [0.15, 0.2) is 59.2 Å². The maximum absolute atomic E-state index is 12.7. The van der Waals surface area contributed by atoms with Gasteiger partial charge in [0.15, 0.2) is 0 Å². The van der Waals surface area contributed by atoms with Gasteiger partial charge in [-0.25, -0.2) is 0 Å². The third-order valence-electron chi connectivity index (χ3n) is 5.64. The molecule has 4 nitrogen and oxygen atoms in total. The molecule has 2 aromatic carbocycles. The van der Waals surface area contributed by atoms with Crippen LogP contribution in [0.4, 0.5) is 0 Å².